The number of thiophene rings is 1. The summed E-state index contributed by atoms with van der Waals surface area (Å²) in [4.78, 5) is 2.30. The first-order valence-electron chi connectivity index (χ1n) is 8.92. The Kier molecular flexibility index (Phi) is 3.95. The van der Waals surface area contributed by atoms with Crippen molar-refractivity contribution in [2.24, 2.45) is 0 Å². The molecule has 0 N–H and O–H groups in total. The van der Waals surface area contributed by atoms with Crippen LogP contribution in [0.5, 0.6) is 0 Å². The van der Waals surface area contributed by atoms with Gasteiger partial charge in [0.05, 0.1) is 10.4 Å². The van der Waals surface area contributed by atoms with Crippen LogP contribution < -0.4 is 10.4 Å². The van der Waals surface area contributed by atoms with Crippen LogP contribution in [0.25, 0.3) is 20.2 Å². The van der Waals surface area contributed by atoms with Crippen molar-refractivity contribution in [1.29, 1.82) is 0 Å². The normalized spacial score (nSPS) is 11.1. The largest absolute Gasteiger partial charge is 0.309 e. The molecule has 4 aromatic carbocycles. The second kappa shape index (κ2) is 6.60. The van der Waals surface area contributed by atoms with Gasteiger partial charge in [-0.3, -0.25) is 0 Å². The molecule has 5 rings (SSSR count). The van der Waals surface area contributed by atoms with Crippen molar-refractivity contribution in [3.8, 4) is 0 Å². The van der Waals surface area contributed by atoms with Crippen molar-refractivity contribution in [1.82, 2.24) is 0 Å². The van der Waals surface area contributed by atoms with Gasteiger partial charge in [0.25, 0.3) is 0 Å². The molecule has 126 valence electrons. The highest BCUT2D eigenvalue weighted by molar-refractivity contribution is 7.26. The topological polar surface area (TPSA) is 3.24 Å². The number of para-hydroxylation sites is 1. The number of fused-ring (bicyclic) bond motifs is 3. The zero-order valence-corrected chi connectivity index (χ0v) is 15.5. The van der Waals surface area contributed by atoms with E-state index in [1.807, 2.05) is 29.5 Å². The lowest BCUT2D eigenvalue weighted by atomic mass is 9.96. The Morgan fingerprint density at radius 3 is 2.07 bits per heavy atom. The minimum Gasteiger partial charge on any atom is -0.309 e. The van der Waals surface area contributed by atoms with Gasteiger partial charge in [0, 0.05) is 26.8 Å². The summed E-state index contributed by atoms with van der Waals surface area (Å²) >= 11 is 1.84. The van der Waals surface area contributed by atoms with Gasteiger partial charge in [-0.05, 0) is 36.4 Å². The molecule has 27 heavy (non-hydrogen) atoms. The fourth-order valence-electron chi connectivity index (χ4n) is 3.54. The average molecular weight is 361 g/mol. The van der Waals surface area contributed by atoms with E-state index in [0.29, 0.717) is 0 Å². The molecule has 1 nitrogen and oxygen atoms in total. The molecule has 2 radical (unpaired) electrons. The van der Waals surface area contributed by atoms with Gasteiger partial charge in [-0.25, -0.2) is 0 Å². The molecule has 0 aliphatic carbocycles. The zero-order chi connectivity index (χ0) is 18.2. The molecule has 0 spiro atoms. The summed E-state index contributed by atoms with van der Waals surface area (Å²) in [6.07, 6.45) is 0. The van der Waals surface area contributed by atoms with Crippen LogP contribution in [0.3, 0.4) is 0 Å². The molecule has 0 saturated heterocycles. The third-order valence-electron chi connectivity index (χ3n) is 4.79. The molecule has 1 heterocycles. The van der Waals surface area contributed by atoms with E-state index in [1.165, 1.54) is 25.9 Å². The van der Waals surface area contributed by atoms with Crippen LogP contribution in [-0.4, -0.2) is 7.85 Å². The van der Waals surface area contributed by atoms with E-state index in [9.17, 15) is 0 Å². The van der Waals surface area contributed by atoms with E-state index in [2.05, 4.69) is 83.8 Å². The second-order valence-corrected chi connectivity index (χ2v) is 7.57. The van der Waals surface area contributed by atoms with Gasteiger partial charge in [-0.1, -0.05) is 66.1 Å². The predicted molar refractivity (Wildman–Crippen MR) is 119 cm³/mol. The molecule has 5 aromatic rings. The highest BCUT2D eigenvalue weighted by Gasteiger charge is 2.17. The van der Waals surface area contributed by atoms with Crippen molar-refractivity contribution >= 4 is 61.9 Å². The van der Waals surface area contributed by atoms with E-state index in [1.54, 1.807) is 0 Å². The molecule has 0 amide bonds. The van der Waals surface area contributed by atoms with Gasteiger partial charge in [0.15, 0.2) is 0 Å². The molecular weight excluding hydrogens is 345 g/mol. The van der Waals surface area contributed by atoms with Gasteiger partial charge in [-0.15, -0.1) is 11.3 Å². The molecule has 0 fully saturated rings. The summed E-state index contributed by atoms with van der Waals surface area (Å²) < 4.78 is 2.60. The summed E-state index contributed by atoms with van der Waals surface area (Å²) in [6.45, 7) is 0. The van der Waals surface area contributed by atoms with Gasteiger partial charge in [-0.2, -0.15) is 0 Å². The fraction of sp³-hybridized carbons (Fsp3) is 0. The standard InChI is InChI=1S/C24H16BNS/c25-17-13-15-19(16-14-17)26(18-7-2-1-3-8-18)22-11-6-10-21-20-9-4-5-12-23(20)27-24(21)22/h1-16H. The Balaban J connectivity index is 1.80. The summed E-state index contributed by atoms with van der Waals surface area (Å²) in [7, 11) is 5.93. The Hall–Kier alpha value is -3.04. The lowest BCUT2D eigenvalue weighted by Crippen LogP contribution is -2.11. The third-order valence-corrected chi connectivity index (χ3v) is 6.00. The number of hydrogen-bond acceptors (Lipinski definition) is 2. The fourth-order valence-corrected chi connectivity index (χ4v) is 4.74. The lowest BCUT2D eigenvalue weighted by Gasteiger charge is -2.26. The quantitative estimate of drug-likeness (QED) is 0.340. The molecule has 0 bridgehead atoms. The first-order chi connectivity index (χ1) is 13.3. The molecule has 3 heteroatoms. The van der Waals surface area contributed by atoms with Crippen LogP contribution in [0.2, 0.25) is 0 Å². The van der Waals surface area contributed by atoms with Crippen molar-refractivity contribution in [3.05, 3.63) is 97.1 Å². The SMILES string of the molecule is [B]c1ccc(N(c2ccccc2)c2cccc3c2sc2ccccc23)cc1. The van der Waals surface area contributed by atoms with Crippen LogP contribution in [0.15, 0.2) is 97.1 Å². The van der Waals surface area contributed by atoms with E-state index >= 15 is 0 Å². The highest BCUT2D eigenvalue weighted by Crippen LogP contribution is 2.44. The van der Waals surface area contributed by atoms with Crippen molar-refractivity contribution in [2.75, 3.05) is 4.90 Å². The second-order valence-electron chi connectivity index (χ2n) is 6.51. The minimum atomic E-state index is 0.770. The third kappa shape index (κ3) is 2.81. The van der Waals surface area contributed by atoms with Gasteiger partial charge in [0.1, 0.15) is 7.85 Å². The molecule has 1 aromatic heterocycles. The molecule has 0 saturated carbocycles. The minimum absolute atomic E-state index is 0.770. The van der Waals surface area contributed by atoms with E-state index in [0.717, 1.165) is 16.8 Å². The molecular formula is C24H16BNS. The Morgan fingerprint density at radius 2 is 1.26 bits per heavy atom. The molecule has 0 atom stereocenters. The molecule has 0 aliphatic heterocycles. The van der Waals surface area contributed by atoms with E-state index in [-0.39, 0.29) is 0 Å². The van der Waals surface area contributed by atoms with Crippen LogP contribution in [0.1, 0.15) is 0 Å². The van der Waals surface area contributed by atoms with Crippen LogP contribution in [0.4, 0.5) is 17.1 Å². The number of hydrogen-bond donors (Lipinski definition) is 0. The molecule has 0 aliphatic rings. The van der Waals surface area contributed by atoms with Crippen molar-refractivity contribution in [3.63, 3.8) is 0 Å². The van der Waals surface area contributed by atoms with Crippen LogP contribution in [-0.2, 0) is 0 Å². The summed E-state index contributed by atoms with van der Waals surface area (Å²) in [5, 5.41) is 2.61. The smallest absolute Gasteiger partial charge is 0.113 e. The maximum Gasteiger partial charge on any atom is 0.113 e. The van der Waals surface area contributed by atoms with Crippen molar-refractivity contribution < 1.29 is 0 Å². The van der Waals surface area contributed by atoms with Crippen LogP contribution >= 0.6 is 11.3 Å². The van der Waals surface area contributed by atoms with Crippen molar-refractivity contribution in [2.45, 2.75) is 0 Å². The zero-order valence-electron chi connectivity index (χ0n) is 14.7. The summed E-state index contributed by atoms with van der Waals surface area (Å²) in [5.41, 5.74) is 4.18. The summed E-state index contributed by atoms with van der Waals surface area (Å²) in [6, 6.07) is 33.7. The first kappa shape index (κ1) is 16.2. The average Bonchev–Trinajstić information content (AvgIpc) is 3.10. The van der Waals surface area contributed by atoms with Gasteiger partial charge >= 0.3 is 0 Å². The monoisotopic (exact) mass is 361 g/mol. The number of benzene rings is 4. The van der Waals surface area contributed by atoms with E-state index < -0.39 is 0 Å². The highest BCUT2D eigenvalue weighted by atomic mass is 32.1. The Bertz CT molecular complexity index is 1230. The lowest BCUT2D eigenvalue weighted by molar-refractivity contribution is 1.30. The number of anilines is 3. The maximum absolute atomic E-state index is 5.93. The summed E-state index contributed by atoms with van der Waals surface area (Å²) in [5.74, 6) is 0. The van der Waals surface area contributed by atoms with Crippen LogP contribution in [0, 0.1) is 0 Å². The Labute approximate surface area is 163 Å². The van der Waals surface area contributed by atoms with Gasteiger partial charge < -0.3 is 4.90 Å². The van der Waals surface area contributed by atoms with Gasteiger partial charge in [0.2, 0.25) is 0 Å². The number of rotatable bonds is 3. The molecule has 0 unspecified atom stereocenters. The Morgan fingerprint density at radius 1 is 0.593 bits per heavy atom. The number of nitrogens with zero attached hydrogens (tertiary/aromatic N) is 1. The van der Waals surface area contributed by atoms with E-state index in [4.69, 9.17) is 7.85 Å². The predicted octanol–water partition coefficient (Wildman–Crippen LogP) is 6.32. The first-order valence-corrected chi connectivity index (χ1v) is 9.74. The maximum atomic E-state index is 5.93.